The van der Waals surface area contributed by atoms with E-state index in [0.29, 0.717) is 11.4 Å². The number of nitrogens with zero attached hydrogens (tertiary/aromatic N) is 1. The number of anilines is 1. The van der Waals surface area contributed by atoms with Crippen molar-refractivity contribution in [2.75, 3.05) is 25.5 Å². The molecule has 1 aromatic heterocycles. The highest BCUT2D eigenvalue weighted by Crippen LogP contribution is 2.20. The second-order valence-electron chi connectivity index (χ2n) is 5.17. The average molecular weight is 351 g/mol. The van der Waals surface area contributed by atoms with Crippen molar-refractivity contribution in [2.45, 2.75) is 32.4 Å². The predicted molar refractivity (Wildman–Crippen MR) is 92.4 cm³/mol. The van der Waals surface area contributed by atoms with Crippen LogP contribution in [-0.2, 0) is 4.74 Å². The normalized spacial score (nSPS) is 20.5. The highest BCUT2D eigenvalue weighted by atomic mass is 35.5. The molecule has 8 heteroatoms. The zero-order valence-corrected chi connectivity index (χ0v) is 14.6. The van der Waals surface area contributed by atoms with Crippen molar-refractivity contribution in [3.05, 3.63) is 22.9 Å². The maximum absolute atomic E-state index is 11.6. The van der Waals surface area contributed by atoms with Gasteiger partial charge in [-0.25, -0.2) is 4.98 Å². The molecule has 1 fully saturated rings. The first-order valence-corrected chi connectivity index (χ1v) is 6.81. The maximum atomic E-state index is 11.6. The number of methoxy groups -OCH3 is 1. The lowest BCUT2D eigenvalue weighted by molar-refractivity contribution is 0.0663. The first kappa shape index (κ1) is 20.9. The molecule has 0 bridgehead atoms. The summed E-state index contributed by atoms with van der Waals surface area (Å²) in [6.07, 6.45) is 1.02. The van der Waals surface area contributed by atoms with E-state index in [2.05, 4.69) is 15.6 Å². The number of carbonyl (C=O) groups is 1. The van der Waals surface area contributed by atoms with E-state index >= 15 is 0 Å². The molecule has 1 saturated heterocycles. The summed E-state index contributed by atoms with van der Waals surface area (Å²) in [7, 11) is 1.70. The van der Waals surface area contributed by atoms with Gasteiger partial charge in [0.1, 0.15) is 5.82 Å². The molecule has 0 spiro atoms. The minimum atomic E-state index is -0.471. The van der Waals surface area contributed by atoms with Gasteiger partial charge in [-0.15, -0.1) is 24.8 Å². The number of nitrogens with two attached hydrogens (primary N) is 1. The number of rotatable bonds is 4. The third-order valence-electron chi connectivity index (χ3n) is 3.78. The Balaban J connectivity index is 0.00000220. The van der Waals surface area contributed by atoms with Crippen molar-refractivity contribution < 1.29 is 9.53 Å². The fraction of sp³-hybridized carbons (Fsp3) is 0.571. The minimum absolute atomic E-state index is 0. The van der Waals surface area contributed by atoms with Crippen LogP contribution in [0.15, 0.2) is 6.07 Å². The van der Waals surface area contributed by atoms with E-state index in [1.165, 1.54) is 0 Å². The molecule has 0 saturated carbocycles. The van der Waals surface area contributed by atoms with Crippen molar-refractivity contribution >= 4 is 36.5 Å². The predicted octanol–water partition coefficient (Wildman–Crippen LogP) is 1.43. The summed E-state index contributed by atoms with van der Waals surface area (Å²) < 4.78 is 5.48. The van der Waals surface area contributed by atoms with Crippen molar-refractivity contribution in [1.82, 2.24) is 10.3 Å². The topological polar surface area (TPSA) is 89.3 Å². The molecule has 1 amide bonds. The largest absolute Gasteiger partial charge is 0.379 e. The molecular formula is C14H24Cl2N4O2. The van der Waals surface area contributed by atoms with Gasteiger partial charge < -0.3 is 21.1 Å². The van der Waals surface area contributed by atoms with Gasteiger partial charge in [-0.2, -0.15) is 0 Å². The van der Waals surface area contributed by atoms with Crippen molar-refractivity contribution in [2.24, 2.45) is 5.73 Å². The number of amides is 1. The number of hydrogen-bond donors (Lipinski definition) is 3. The summed E-state index contributed by atoms with van der Waals surface area (Å²) in [6.45, 7) is 5.53. The third kappa shape index (κ3) is 4.71. The molecule has 4 N–H and O–H groups in total. The third-order valence-corrected chi connectivity index (χ3v) is 3.78. The molecule has 0 aromatic carbocycles. The van der Waals surface area contributed by atoms with E-state index in [9.17, 15) is 4.79 Å². The number of pyridine rings is 1. The highest BCUT2D eigenvalue weighted by Gasteiger charge is 2.26. The molecule has 2 rings (SSSR count). The molecule has 126 valence electrons. The fourth-order valence-corrected chi connectivity index (χ4v) is 2.44. The minimum Gasteiger partial charge on any atom is -0.379 e. The Hall–Kier alpha value is -1.08. The monoisotopic (exact) mass is 350 g/mol. The van der Waals surface area contributed by atoms with Gasteiger partial charge >= 0.3 is 0 Å². The van der Waals surface area contributed by atoms with Crippen molar-refractivity contribution in [1.29, 1.82) is 0 Å². The molecular weight excluding hydrogens is 327 g/mol. The fourth-order valence-electron chi connectivity index (χ4n) is 2.44. The summed E-state index contributed by atoms with van der Waals surface area (Å²) in [4.78, 5) is 16.0. The van der Waals surface area contributed by atoms with Gasteiger partial charge in [0.15, 0.2) is 0 Å². The van der Waals surface area contributed by atoms with Gasteiger partial charge in [-0.1, -0.05) is 0 Å². The number of primary amides is 1. The highest BCUT2D eigenvalue weighted by molar-refractivity contribution is 5.97. The molecule has 1 aliphatic heterocycles. The van der Waals surface area contributed by atoms with Crippen LogP contribution in [0.3, 0.4) is 0 Å². The van der Waals surface area contributed by atoms with Crippen molar-refractivity contribution in [3.63, 3.8) is 0 Å². The average Bonchev–Trinajstić information content (AvgIpc) is 2.43. The van der Waals surface area contributed by atoms with Crippen LogP contribution in [0.25, 0.3) is 0 Å². The van der Waals surface area contributed by atoms with Gasteiger partial charge in [0.2, 0.25) is 0 Å². The van der Waals surface area contributed by atoms with Gasteiger partial charge in [-0.05, 0) is 38.4 Å². The smallest absolute Gasteiger partial charge is 0.252 e. The van der Waals surface area contributed by atoms with Gasteiger partial charge in [-0.3, -0.25) is 4.79 Å². The first-order chi connectivity index (χ1) is 9.52. The maximum Gasteiger partial charge on any atom is 0.252 e. The molecule has 6 nitrogen and oxygen atoms in total. The summed E-state index contributed by atoms with van der Waals surface area (Å²) in [6, 6.07) is 1.85. The second-order valence-corrected chi connectivity index (χ2v) is 5.17. The molecule has 1 aromatic rings. The lowest BCUT2D eigenvalue weighted by Crippen LogP contribution is -2.49. The van der Waals surface area contributed by atoms with Crippen LogP contribution in [-0.4, -0.2) is 43.2 Å². The number of aryl methyl sites for hydroxylation is 2. The van der Waals surface area contributed by atoms with Crippen LogP contribution < -0.4 is 16.4 Å². The van der Waals surface area contributed by atoms with Crippen LogP contribution in [0.1, 0.15) is 28.0 Å². The Bertz CT molecular complexity index is 514. The molecule has 0 unspecified atom stereocenters. The van der Waals surface area contributed by atoms with Crippen LogP contribution in [0, 0.1) is 13.8 Å². The number of carbonyl (C=O) groups excluding carboxylic acids is 1. The Kier molecular flexibility index (Phi) is 8.70. The summed E-state index contributed by atoms with van der Waals surface area (Å²) in [5, 5.41) is 6.61. The van der Waals surface area contributed by atoms with Crippen LogP contribution in [0.2, 0.25) is 0 Å². The number of ether oxygens (including phenoxy) is 1. The Morgan fingerprint density at radius 3 is 2.73 bits per heavy atom. The van der Waals surface area contributed by atoms with E-state index in [1.807, 2.05) is 13.8 Å². The zero-order chi connectivity index (χ0) is 14.7. The van der Waals surface area contributed by atoms with Gasteiger partial charge in [0.25, 0.3) is 5.91 Å². The molecule has 0 radical (unpaired) electrons. The van der Waals surface area contributed by atoms with Gasteiger partial charge in [0.05, 0.1) is 17.7 Å². The summed E-state index contributed by atoms with van der Waals surface area (Å²) in [5.41, 5.74) is 7.70. The van der Waals surface area contributed by atoms with E-state index in [4.69, 9.17) is 10.5 Å². The molecule has 1 aliphatic rings. The number of hydrogen-bond acceptors (Lipinski definition) is 5. The van der Waals surface area contributed by atoms with E-state index in [-0.39, 0.29) is 37.0 Å². The van der Waals surface area contributed by atoms with Crippen LogP contribution in [0.5, 0.6) is 0 Å². The number of aromatic nitrogens is 1. The first-order valence-electron chi connectivity index (χ1n) is 6.81. The number of nitrogens with one attached hydrogen (secondary N) is 2. The second kappa shape index (κ2) is 9.15. The van der Waals surface area contributed by atoms with Crippen LogP contribution >= 0.6 is 24.8 Å². The van der Waals surface area contributed by atoms with Gasteiger partial charge in [0, 0.05) is 19.3 Å². The molecule has 2 atom stereocenters. The summed E-state index contributed by atoms with van der Waals surface area (Å²) >= 11 is 0. The number of halogens is 2. The Morgan fingerprint density at radius 2 is 2.14 bits per heavy atom. The molecule has 0 aliphatic carbocycles. The van der Waals surface area contributed by atoms with E-state index in [1.54, 1.807) is 13.2 Å². The lowest BCUT2D eigenvalue weighted by Gasteiger charge is -2.32. The SMILES string of the molecule is CO[C@@H]1CCNC[C@@H]1Nc1nc(C)c(C)cc1C(N)=O.Cl.Cl. The Morgan fingerprint density at radius 1 is 1.45 bits per heavy atom. The quantitative estimate of drug-likeness (QED) is 0.764. The van der Waals surface area contributed by atoms with E-state index < -0.39 is 5.91 Å². The van der Waals surface area contributed by atoms with E-state index in [0.717, 1.165) is 30.8 Å². The Labute approximate surface area is 143 Å². The number of piperidine rings is 1. The van der Waals surface area contributed by atoms with Crippen LogP contribution in [0.4, 0.5) is 5.82 Å². The standard InChI is InChI=1S/C14H22N4O2.2ClH/c1-8-6-10(13(15)19)14(17-9(8)2)18-11-7-16-5-4-12(11)20-3;;/h6,11-12,16H,4-5,7H2,1-3H3,(H2,15,19)(H,17,18);2*1H/t11-,12+;;/m0../s1. The lowest BCUT2D eigenvalue weighted by atomic mass is 10.0. The molecule has 22 heavy (non-hydrogen) atoms. The molecule has 2 heterocycles. The summed E-state index contributed by atoms with van der Waals surface area (Å²) in [5.74, 6) is 0.0668. The van der Waals surface area contributed by atoms with Crippen molar-refractivity contribution in [3.8, 4) is 0 Å². The zero-order valence-electron chi connectivity index (χ0n) is 13.0.